The van der Waals surface area contributed by atoms with Crippen LogP contribution < -0.4 is 5.32 Å². The summed E-state index contributed by atoms with van der Waals surface area (Å²) in [6, 6.07) is 15.9. The van der Waals surface area contributed by atoms with Gasteiger partial charge in [-0.3, -0.25) is 0 Å². The van der Waals surface area contributed by atoms with Crippen molar-refractivity contribution in [3.8, 4) is 0 Å². The molecule has 0 radical (unpaired) electrons. The van der Waals surface area contributed by atoms with Gasteiger partial charge in [-0.15, -0.1) is 0 Å². The molecule has 0 aliphatic carbocycles. The van der Waals surface area contributed by atoms with Crippen molar-refractivity contribution < 1.29 is 4.74 Å². The number of rotatable bonds is 1. The first-order valence-corrected chi connectivity index (χ1v) is 6.01. The predicted octanol–water partition coefficient (Wildman–Crippen LogP) is 3.97. The summed E-state index contributed by atoms with van der Waals surface area (Å²) < 4.78 is 5.54. The highest BCUT2D eigenvalue weighted by Gasteiger charge is 2.13. The van der Waals surface area contributed by atoms with Crippen LogP contribution in [-0.2, 0) is 11.3 Å². The lowest BCUT2D eigenvalue weighted by atomic mass is 10.2. The average molecular weight is 259 g/mol. The first kappa shape index (κ1) is 11.1. The number of hydrogen-bond donors (Lipinski definition) is 1. The maximum absolute atomic E-state index is 5.95. The Morgan fingerprint density at radius 2 is 1.94 bits per heavy atom. The number of nitrogens with zero attached hydrogens (tertiary/aromatic N) is 1. The number of anilines is 1. The van der Waals surface area contributed by atoms with Crippen LogP contribution >= 0.6 is 11.6 Å². The van der Waals surface area contributed by atoms with E-state index in [1.165, 1.54) is 0 Å². The van der Waals surface area contributed by atoms with Gasteiger partial charge < -0.3 is 10.1 Å². The summed E-state index contributed by atoms with van der Waals surface area (Å²) in [5.74, 6) is 0. The number of ether oxygens (including phenoxy) is 1. The summed E-state index contributed by atoms with van der Waals surface area (Å²) in [6.45, 7) is 0.505. The Labute approximate surface area is 110 Å². The lowest BCUT2D eigenvalue weighted by Gasteiger charge is -2.17. The van der Waals surface area contributed by atoms with Gasteiger partial charge in [0, 0.05) is 16.3 Å². The Hall–Kier alpha value is -2.00. The SMILES string of the molecule is Clc1ccc2c(c1)N=C(Nc1ccccc1)OC2. The minimum absolute atomic E-state index is 0.496. The molecule has 90 valence electrons. The van der Waals surface area contributed by atoms with E-state index in [4.69, 9.17) is 16.3 Å². The Bertz CT molecular complexity index is 596. The van der Waals surface area contributed by atoms with Gasteiger partial charge in [-0.1, -0.05) is 35.9 Å². The maximum Gasteiger partial charge on any atom is 0.294 e. The summed E-state index contributed by atoms with van der Waals surface area (Å²) in [4.78, 5) is 4.40. The molecule has 2 aromatic rings. The number of halogens is 1. The fraction of sp³-hybridized carbons (Fsp3) is 0.0714. The summed E-state index contributed by atoms with van der Waals surface area (Å²) in [7, 11) is 0. The zero-order valence-corrected chi connectivity index (χ0v) is 10.3. The monoisotopic (exact) mass is 258 g/mol. The Kier molecular flexibility index (Phi) is 2.90. The topological polar surface area (TPSA) is 33.6 Å². The molecule has 0 unspecified atom stereocenters. The van der Waals surface area contributed by atoms with Gasteiger partial charge in [-0.25, -0.2) is 0 Å². The van der Waals surface area contributed by atoms with Gasteiger partial charge >= 0.3 is 0 Å². The molecule has 0 aromatic heterocycles. The normalized spacial score (nSPS) is 13.3. The lowest BCUT2D eigenvalue weighted by Crippen LogP contribution is -2.18. The maximum atomic E-state index is 5.95. The molecule has 4 heteroatoms. The molecular weight excluding hydrogens is 248 g/mol. The number of hydrogen-bond acceptors (Lipinski definition) is 3. The lowest BCUT2D eigenvalue weighted by molar-refractivity contribution is 0.286. The first-order valence-electron chi connectivity index (χ1n) is 5.63. The molecule has 0 saturated carbocycles. The van der Waals surface area contributed by atoms with Gasteiger partial charge in [-0.2, -0.15) is 4.99 Å². The molecule has 1 aliphatic heterocycles. The van der Waals surface area contributed by atoms with E-state index in [1.54, 1.807) is 0 Å². The molecule has 18 heavy (non-hydrogen) atoms. The molecule has 0 fully saturated rings. The molecule has 0 atom stereocenters. The van der Waals surface area contributed by atoms with Crippen molar-refractivity contribution in [1.82, 2.24) is 0 Å². The number of benzene rings is 2. The minimum atomic E-state index is 0.496. The van der Waals surface area contributed by atoms with Crippen LogP contribution in [0.2, 0.25) is 5.02 Å². The zero-order valence-electron chi connectivity index (χ0n) is 9.56. The fourth-order valence-corrected chi connectivity index (χ4v) is 1.93. The first-order chi connectivity index (χ1) is 8.81. The minimum Gasteiger partial charge on any atom is -0.460 e. The third kappa shape index (κ3) is 2.31. The molecule has 0 saturated heterocycles. The quantitative estimate of drug-likeness (QED) is 0.840. The number of amidine groups is 1. The van der Waals surface area contributed by atoms with Crippen molar-refractivity contribution in [3.63, 3.8) is 0 Å². The van der Waals surface area contributed by atoms with Gasteiger partial charge in [-0.05, 0) is 24.3 Å². The molecule has 3 rings (SSSR count). The van der Waals surface area contributed by atoms with Gasteiger partial charge in [0.15, 0.2) is 0 Å². The highest BCUT2D eigenvalue weighted by atomic mass is 35.5. The van der Waals surface area contributed by atoms with Crippen LogP contribution in [-0.4, -0.2) is 6.02 Å². The van der Waals surface area contributed by atoms with E-state index in [0.29, 0.717) is 17.7 Å². The van der Waals surface area contributed by atoms with Crippen molar-refractivity contribution >= 4 is 29.0 Å². The number of para-hydroxylation sites is 1. The fourth-order valence-electron chi connectivity index (χ4n) is 1.76. The second-order valence-corrected chi connectivity index (χ2v) is 4.41. The summed E-state index contributed by atoms with van der Waals surface area (Å²) >= 11 is 5.95. The predicted molar refractivity (Wildman–Crippen MR) is 73.4 cm³/mol. The van der Waals surface area contributed by atoms with E-state index < -0.39 is 0 Å². The molecule has 1 heterocycles. The second kappa shape index (κ2) is 4.70. The van der Waals surface area contributed by atoms with Crippen LogP contribution in [0.4, 0.5) is 11.4 Å². The highest BCUT2D eigenvalue weighted by molar-refractivity contribution is 6.30. The number of aliphatic imine (C=N–C) groups is 1. The van der Waals surface area contributed by atoms with Crippen molar-refractivity contribution in [2.24, 2.45) is 4.99 Å². The molecule has 0 spiro atoms. The molecule has 2 aromatic carbocycles. The average Bonchev–Trinajstić information content (AvgIpc) is 2.39. The van der Waals surface area contributed by atoms with Crippen molar-refractivity contribution in [3.05, 3.63) is 59.1 Å². The van der Waals surface area contributed by atoms with Crippen LogP contribution in [0.25, 0.3) is 0 Å². The van der Waals surface area contributed by atoms with E-state index in [0.717, 1.165) is 16.9 Å². The standard InChI is InChI=1S/C14H11ClN2O/c15-11-7-6-10-9-18-14(17-13(10)8-11)16-12-4-2-1-3-5-12/h1-8H,9H2,(H,16,17). The van der Waals surface area contributed by atoms with E-state index >= 15 is 0 Å². The number of fused-ring (bicyclic) bond motifs is 1. The van der Waals surface area contributed by atoms with Gasteiger partial charge in [0.2, 0.25) is 0 Å². The Morgan fingerprint density at radius 1 is 1.11 bits per heavy atom. The zero-order chi connectivity index (χ0) is 12.4. The van der Waals surface area contributed by atoms with Gasteiger partial charge in [0.1, 0.15) is 6.61 Å². The van der Waals surface area contributed by atoms with Crippen LogP contribution in [0.1, 0.15) is 5.56 Å². The van der Waals surface area contributed by atoms with Crippen LogP contribution in [0.3, 0.4) is 0 Å². The van der Waals surface area contributed by atoms with E-state index in [-0.39, 0.29) is 0 Å². The van der Waals surface area contributed by atoms with Crippen molar-refractivity contribution in [2.45, 2.75) is 6.61 Å². The Balaban J connectivity index is 1.87. The van der Waals surface area contributed by atoms with Crippen molar-refractivity contribution in [1.29, 1.82) is 0 Å². The van der Waals surface area contributed by atoms with E-state index in [2.05, 4.69) is 10.3 Å². The third-order valence-corrected chi connectivity index (χ3v) is 2.89. The highest BCUT2D eigenvalue weighted by Crippen LogP contribution is 2.28. The van der Waals surface area contributed by atoms with E-state index in [9.17, 15) is 0 Å². The molecule has 1 N–H and O–H groups in total. The second-order valence-electron chi connectivity index (χ2n) is 3.97. The number of nitrogens with one attached hydrogen (secondary N) is 1. The summed E-state index contributed by atoms with van der Waals surface area (Å²) in [6.07, 6.45) is 0. The van der Waals surface area contributed by atoms with Gasteiger partial charge in [0.25, 0.3) is 6.02 Å². The summed E-state index contributed by atoms with van der Waals surface area (Å²) in [5, 5.41) is 3.81. The van der Waals surface area contributed by atoms with E-state index in [1.807, 2.05) is 48.5 Å². The molecule has 1 aliphatic rings. The van der Waals surface area contributed by atoms with Crippen LogP contribution in [0, 0.1) is 0 Å². The van der Waals surface area contributed by atoms with Crippen LogP contribution in [0.15, 0.2) is 53.5 Å². The third-order valence-electron chi connectivity index (χ3n) is 2.66. The summed E-state index contributed by atoms with van der Waals surface area (Å²) in [5.41, 5.74) is 2.84. The molecule has 3 nitrogen and oxygen atoms in total. The smallest absolute Gasteiger partial charge is 0.294 e. The van der Waals surface area contributed by atoms with Crippen molar-refractivity contribution in [2.75, 3.05) is 5.32 Å². The molecule has 0 bridgehead atoms. The van der Waals surface area contributed by atoms with Gasteiger partial charge in [0.05, 0.1) is 5.69 Å². The Morgan fingerprint density at radius 3 is 2.78 bits per heavy atom. The molecular formula is C14H11ClN2O. The van der Waals surface area contributed by atoms with Crippen LogP contribution in [0.5, 0.6) is 0 Å². The molecule has 0 amide bonds. The largest absolute Gasteiger partial charge is 0.460 e.